The Bertz CT molecular complexity index is 367. The second-order valence-corrected chi connectivity index (χ2v) is 3.73. The van der Waals surface area contributed by atoms with E-state index in [1.54, 1.807) is 26.2 Å². The van der Waals surface area contributed by atoms with Crippen LogP contribution in [0.2, 0.25) is 0 Å². The lowest BCUT2D eigenvalue weighted by Crippen LogP contribution is -2.32. The van der Waals surface area contributed by atoms with E-state index < -0.39 is 6.10 Å². The largest absolute Gasteiger partial charge is 0.495 e. The summed E-state index contributed by atoms with van der Waals surface area (Å²) in [5.41, 5.74) is 0.638. The number of benzene rings is 1. The molecule has 1 aromatic carbocycles. The molecule has 5 heteroatoms. The van der Waals surface area contributed by atoms with Crippen molar-refractivity contribution in [3.05, 3.63) is 24.3 Å². The van der Waals surface area contributed by atoms with E-state index >= 15 is 0 Å². The first-order valence-electron chi connectivity index (χ1n) is 5.45. The van der Waals surface area contributed by atoms with E-state index in [1.807, 2.05) is 12.1 Å². The molecule has 0 spiro atoms. The number of hydrogen-bond acceptors (Lipinski definition) is 4. The van der Waals surface area contributed by atoms with Crippen molar-refractivity contribution in [2.75, 3.05) is 25.5 Å². The molecule has 1 rings (SSSR count). The molecule has 0 fully saturated rings. The second kappa shape index (κ2) is 6.88. The highest BCUT2D eigenvalue weighted by Gasteiger charge is 2.06. The number of amides is 1. The average Bonchev–Trinajstić information content (AvgIpc) is 2.29. The lowest BCUT2D eigenvalue weighted by atomic mass is 10.3. The van der Waals surface area contributed by atoms with Gasteiger partial charge in [-0.3, -0.25) is 4.79 Å². The van der Waals surface area contributed by atoms with Crippen LogP contribution >= 0.6 is 0 Å². The Kier molecular flexibility index (Phi) is 5.45. The number of methoxy groups -OCH3 is 1. The standard InChI is InChI=1S/C12H18N2O3/c1-9(15)7-13-8-12(16)14-10-5-3-4-6-11(10)17-2/h3-6,9,13,15H,7-8H2,1-2H3,(H,14,16). The highest BCUT2D eigenvalue weighted by Crippen LogP contribution is 2.22. The SMILES string of the molecule is COc1ccccc1NC(=O)CNCC(C)O. The van der Waals surface area contributed by atoms with Crippen molar-refractivity contribution in [1.29, 1.82) is 0 Å². The van der Waals surface area contributed by atoms with Gasteiger partial charge in [-0.2, -0.15) is 0 Å². The maximum atomic E-state index is 11.6. The van der Waals surface area contributed by atoms with Gasteiger partial charge in [0, 0.05) is 6.54 Å². The molecule has 1 amide bonds. The van der Waals surface area contributed by atoms with Gasteiger partial charge in [0.2, 0.25) is 5.91 Å². The van der Waals surface area contributed by atoms with Crippen LogP contribution in [0.5, 0.6) is 5.75 Å². The Morgan fingerprint density at radius 1 is 1.47 bits per heavy atom. The van der Waals surface area contributed by atoms with E-state index in [9.17, 15) is 4.79 Å². The number of anilines is 1. The minimum absolute atomic E-state index is 0.156. The molecule has 0 heterocycles. The molecule has 0 saturated heterocycles. The van der Waals surface area contributed by atoms with E-state index in [2.05, 4.69) is 10.6 Å². The molecule has 0 aliphatic carbocycles. The summed E-state index contributed by atoms with van der Waals surface area (Å²) in [6.45, 7) is 2.20. The topological polar surface area (TPSA) is 70.6 Å². The number of aliphatic hydroxyl groups excluding tert-OH is 1. The van der Waals surface area contributed by atoms with Crippen LogP contribution in [0.4, 0.5) is 5.69 Å². The monoisotopic (exact) mass is 238 g/mol. The number of hydrogen-bond donors (Lipinski definition) is 3. The zero-order valence-electron chi connectivity index (χ0n) is 10.1. The van der Waals surface area contributed by atoms with E-state index in [4.69, 9.17) is 9.84 Å². The van der Waals surface area contributed by atoms with Gasteiger partial charge in [-0.15, -0.1) is 0 Å². The minimum Gasteiger partial charge on any atom is -0.495 e. The van der Waals surface area contributed by atoms with Crippen molar-refractivity contribution in [2.45, 2.75) is 13.0 Å². The van der Waals surface area contributed by atoms with Gasteiger partial charge in [-0.05, 0) is 19.1 Å². The fraction of sp³-hybridized carbons (Fsp3) is 0.417. The fourth-order valence-electron chi connectivity index (χ4n) is 1.34. The third kappa shape index (κ3) is 4.84. The molecule has 17 heavy (non-hydrogen) atoms. The highest BCUT2D eigenvalue weighted by atomic mass is 16.5. The summed E-state index contributed by atoms with van der Waals surface area (Å²) in [5.74, 6) is 0.450. The van der Waals surface area contributed by atoms with Gasteiger partial charge in [0.25, 0.3) is 0 Å². The molecule has 0 bridgehead atoms. The number of carbonyl (C=O) groups excluding carboxylic acids is 1. The van der Waals surface area contributed by atoms with Gasteiger partial charge in [-0.25, -0.2) is 0 Å². The van der Waals surface area contributed by atoms with Gasteiger partial charge in [-0.1, -0.05) is 12.1 Å². The smallest absolute Gasteiger partial charge is 0.238 e. The summed E-state index contributed by atoms with van der Waals surface area (Å²) in [6, 6.07) is 7.20. The Labute approximate surface area is 101 Å². The fourth-order valence-corrected chi connectivity index (χ4v) is 1.34. The summed E-state index contributed by atoms with van der Waals surface area (Å²) in [4.78, 5) is 11.6. The second-order valence-electron chi connectivity index (χ2n) is 3.73. The van der Waals surface area contributed by atoms with Gasteiger partial charge >= 0.3 is 0 Å². The molecule has 94 valence electrons. The number of para-hydroxylation sites is 2. The van der Waals surface area contributed by atoms with Crippen LogP contribution in [0.25, 0.3) is 0 Å². The number of nitrogens with one attached hydrogen (secondary N) is 2. The lowest BCUT2D eigenvalue weighted by molar-refractivity contribution is -0.115. The lowest BCUT2D eigenvalue weighted by Gasteiger charge is -2.10. The van der Waals surface area contributed by atoms with Crippen molar-refractivity contribution in [3.63, 3.8) is 0 Å². The molecule has 0 saturated carbocycles. The quantitative estimate of drug-likeness (QED) is 0.679. The van der Waals surface area contributed by atoms with Crippen LogP contribution in [-0.4, -0.2) is 37.3 Å². The van der Waals surface area contributed by atoms with Crippen LogP contribution in [0.1, 0.15) is 6.92 Å². The molecule has 0 aromatic heterocycles. The maximum absolute atomic E-state index is 11.6. The maximum Gasteiger partial charge on any atom is 0.238 e. The van der Waals surface area contributed by atoms with Gasteiger partial charge in [0.15, 0.2) is 0 Å². The predicted octanol–water partition coefficient (Wildman–Crippen LogP) is 0.604. The molecule has 1 aromatic rings. The van der Waals surface area contributed by atoms with Gasteiger partial charge in [0.1, 0.15) is 5.75 Å². The summed E-state index contributed by atoms with van der Waals surface area (Å²) in [7, 11) is 1.55. The summed E-state index contributed by atoms with van der Waals surface area (Å²) in [5, 5.41) is 14.6. The van der Waals surface area contributed by atoms with Crippen LogP contribution < -0.4 is 15.4 Å². The highest BCUT2D eigenvalue weighted by molar-refractivity contribution is 5.93. The van der Waals surface area contributed by atoms with E-state index in [1.165, 1.54) is 0 Å². The van der Waals surface area contributed by atoms with E-state index in [0.717, 1.165) is 0 Å². The molecule has 0 aliphatic heterocycles. The van der Waals surface area contributed by atoms with Crippen LogP contribution in [0.15, 0.2) is 24.3 Å². The molecular weight excluding hydrogens is 220 g/mol. The van der Waals surface area contributed by atoms with Gasteiger partial charge in [0.05, 0.1) is 25.4 Å². The van der Waals surface area contributed by atoms with Crippen molar-refractivity contribution in [2.24, 2.45) is 0 Å². The normalized spacial score (nSPS) is 11.9. The first kappa shape index (κ1) is 13.5. The molecule has 1 atom stereocenters. The van der Waals surface area contributed by atoms with Crippen LogP contribution in [0.3, 0.4) is 0 Å². The summed E-state index contributed by atoms with van der Waals surface area (Å²) >= 11 is 0. The molecule has 3 N–H and O–H groups in total. The molecule has 1 unspecified atom stereocenters. The summed E-state index contributed by atoms with van der Waals surface area (Å²) < 4.78 is 5.11. The molecule has 0 radical (unpaired) electrons. The summed E-state index contributed by atoms with van der Waals surface area (Å²) in [6.07, 6.45) is -0.464. The minimum atomic E-state index is -0.464. The Hall–Kier alpha value is -1.59. The zero-order chi connectivity index (χ0) is 12.7. The third-order valence-corrected chi connectivity index (χ3v) is 2.11. The van der Waals surface area contributed by atoms with Crippen molar-refractivity contribution in [1.82, 2.24) is 5.32 Å². The molecule has 5 nitrogen and oxygen atoms in total. The Morgan fingerprint density at radius 2 is 2.18 bits per heavy atom. The first-order valence-corrected chi connectivity index (χ1v) is 5.45. The first-order chi connectivity index (χ1) is 8.13. The number of rotatable bonds is 6. The Balaban J connectivity index is 2.45. The number of ether oxygens (including phenoxy) is 1. The van der Waals surface area contributed by atoms with Crippen molar-refractivity contribution in [3.8, 4) is 5.75 Å². The van der Waals surface area contributed by atoms with Crippen LogP contribution in [0, 0.1) is 0 Å². The van der Waals surface area contributed by atoms with E-state index in [-0.39, 0.29) is 12.5 Å². The number of aliphatic hydroxyl groups is 1. The molecular formula is C12H18N2O3. The van der Waals surface area contributed by atoms with Crippen LogP contribution in [-0.2, 0) is 4.79 Å². The zero-order valence-corrected chi connectivity index (χ0v) is 10.1. The van der Waals surface area contributed by atoms with Gasteiger partial charge < -0.3 is 20.5 Å². The average molecular weight is 238 g/mol. The van der Waals surface area contributed by atoms with E-state index in [0.29, 0.717) is 18.0 Å². The third-order valence-electron chi connectivity index (χ3n) is 2.11. The Morgan fingerprint density at radius 3 is 2.82 bits per heavy atom. The number of carbonyl (C=O) groups is 1. The van der Waals surface area contributed by atoms with Crippen molar-refractivity contribution < 1.29 is 14.6 Å². The molecule has 0 aliphatic rings. The van der Waals surface area contributed by atoms with Crippen molar-refractivity contribution >= 4 is 11.6 Å². The predicted molar refractivity (Wildman–Crippen MR) is 66.2 cm³/mol.